The van der Waals surface area contributed by atoms with Crippen molar-refractivity contribution >= 4 is 27.7 Å². The molecular formula is C20H24N6O4S2. The van der Waals surface area contributed by atoms with Gasteiger partial charge in [-0.2, -0.15) is 4.31 Å². The standard InChI is InChI=1S/C20H24N6O4S2/c1-15-17(7-12-30-15)19-22-23-20(26(19)21)31-13-18(27)24-8-10-25(11-9-24)32(28,29)14-16-5-3-2-4-6-16/h2-7,12H,8-11,13-14,21H2,1H3. The van der Waals surface area contributed by atoms with Gasteiger partial charge in [-0.25, -0.2) is 13.1 Å². The van der Waals surface area contributed by atoms with E-state index in [1.165, 1.54) is 20.7 Å². The van der Waals surface area contributed by atoms with Crippen LogP contribution in [0.15, 0.2) is 52.2 Å². The van der Waals surface area contributed by atoms with Crippen LogP contribution in [0.25, 0.3) is 11.4 Å². The van der Waals surface area contributed by atoms with E-state index in [9.17, 15) is 13.2 Å². The van der Waals surface area contributed by atoms with E-state index in [4.69, 9.17) is 10.3 Å². The maximum absolute atomic E-state index is 12.7. The molecule has 1 aliphatic heterocycles. The quantitative estimate of drug-likeness (QED) is 0.400. The van der Waals surface area contributed by atoms with Crippen LogP contribution in [0.5, 0.6) is 0 Å². The van der Waals surface area contributed by atoms with Crippen LogP contribution in [-0.4, -0.2) is 70.3 Å². The van der Waals surface area contributed by atoms with Crippen molar-refractivity contribution < 1.29 is 17.6 Å². The van der Waals surface area contributed by atoms with Crippen molar-refractivity contribution in [1.82, 2.24) is 24.1 Å². The number of furan rings is 1. The molecule has 0 unspecified atom stereocenters. The number of benzene rings is 1. The summed E-state index contributed by atoms with van der Waals surface area (Å²) in [5, 5.41) is 8.57. The molecule has 0 aliphatic carbocycles. The fourth-order valence-electron chi connectivity index (χ4n) is 3.49. The zero-order valence-electron chi connectivity index (χ0n) is 17.5. The number of amides is 1. The van der Waals surface area contributed by atoms with Crippen LogP contribution in [0.1, 0.15) is 11.3 Å². The minimum atomic E-state index is -3.42. The summed E-state index contributed by atoms with van der Waals surface area (Å²) in [6.07, 6.45) is 1.55. The van der Waals surface area contributed by atoms with Crippen LogP contribution in [0, 0.1) is 6.92 Å². The zero-order valence-corrected chi connectivity index (χ0v) is 19.2. The Bertz CT molecular complexity index is 1180. The molecule has 3 aromatic rings. The lowest BCUT2D eigenvalue weighted by molar-refractivity contribution is -0.129. The third kappa shape index (κ3) is 4.81. The van der Waals surface area contributed by atoms with E-state index in [2.05, 4.69) is 10.2 Å². The average molecular weight is 477 g/mol. The van der Waals surface area contributed by atoms with Gasteiger partial charge < -0.3 is 15.2 Å². The van der Waals surface area contributed by atoms with Gasteiger partial charge in [-0.1, -0.05) is 42.1 Å². The highest BCUT2D eigenvalue weighted by molar-refractivity contribution is 7.99. The summed E-state index contributed by atoms with van der Waals surface area (Å²) < 4.78 is 33.4. The molecule has 0 atom stereocenters. The number of rotatable bonds is 7. The Morgan fingerprint density at radius 1 is 1.12 bits per heavy atom. The Morgan fingerprint density at radius 3 is 2.50 bits per heavy atom. The summed E-state index contributed by atoms with van der Waals surface area (Å²) in [6, 6.07) is 10.8. The average Bonchev–Trinajstić information content (AvgIpc) is 3.37. The third-order valence-electron chi connectivity index (χ3n) is 5.27. The summed E-state index contributed by atoms with van der Waals surface area (Å²) in [5.74, 6) is 7.23. The van der Waals surface area contributed by atoms with E-state index >= 15 is 0 Å². The minimum absolute atomic E-state index is 0.0394. The molecule has 0 radical (unpaired) electrons. The highest BCUT2D eigenvalue weighted by atomic mass is 32.2. The van der Waals surface area contributed by atoms with Gasteiger partial charge in [0.2, 0.25) is 21.1 Å². The second-order valence-corrected chi connectivity index (χ2v) is 10.3. The molecule has 4 rings (SSSR count). The lowest BCUT2D eigenvalue weighted by Gasteiger charge is -2.34. The van der Waals surface area contributed by atoms with Gasteiger partial charge in [-0.05, 0) is 18.6 Å². The molecule has 0 spiro atoms. The summed E-state index contributed by atoms with van der Waals surface area (Å²) in [4.78, 5) is 14.3. The van der Waals surface area contributed by atoms with Gasteiger partial charge in [0.15, 0.2) is 5.82 Å². The van der Waals surface area contributed by atoms with Gasteiger partial charge in [0.25, 0.3) is 0 Å². The Labute approximate surface area is 190 Å². The van der Waals surface area contributed by atoms with Gasteiger partial charge >= 0.3 is 0 Å². The molecule has 32 heavy (non-hydrogen) atoms. The number of carbonyl (C=O) groups excluding carboxylic acids is 1. The first kappa shape index (κ1) is 22.4. The lowest BCUT2D eigenvalue weighted by atomic mass is 10.2. The van der Waals surface area contributed by atoms with Crippen LogP contribution in [0.2, 0.25) is 0 Å². The van der Waals surface area contributed by atoms with Crippen molar-refractivity contribution in [1.29, 1.82) is 0 Å². The molecule has 0 saturated carbocycles. The van der Waals surface area contributed by atoms with E-state index in [0.29, 0.717) is 29.8 Å². The van der Waals surface area contributed by atoms with Crippen LogP contribution >= 0.6 is 11.8 Å². The van der Waals surface area contributed by atoms with Crippen LogP contribution in [-0.2, 0) is 20.6 Å². The van der Waals surface area contributed by atoms with E-state index in [-0.39, 0.29) is 30.5 Å². The number of hydrogen-bond acceptors (Lipinski definition) is 8. The number of thioether (sulfide) groups is 1. The summed E-state index contributed by atoms with van der Waals surface area (Å²) in [6.45, 7) is 3.07. The predicted octanol–water partition coefficient (Wildman–Crippen LogP) is 1.33. The van der Waals surface area contributed by atoms with E-state index < -0.39 is 10.0 Å². The molecule has 2 aromatic heterocycles. The lowest BCUT2D eigenvalue weighted by Crippen LogP contribution is -2.51. The predicted molar refractivity (Wildman–Crippen MR) is 121 cm³/mol. The monoisotopic (exact) mass is 476 g/mol. The highest BCUT2D eigenvalue weighted by Crippen LogP contribution is 2.25. The fraction of sp³-hybridized carbons (Fsp3) is 0.350. The second kappa shape index (κ2) is 9.35. The minimum Gasteiger partial charge on any atom is -0.469 e. The third-order valence-corrected chi connectivity index (χ3v) is 8.04. The summed E-state index contributed by atoms with van der Waals surface area (Å²) >= 11 is 1.19. The number of hydrogen-bond donors (Lipinski definition) is 1. The molecule has 12 heteroatoms. The van der Waals surface area contributed by atoms with Crippen molar-refractivity contribution in [2.45, 2.75) is 17.8 Å². The van der Waals surface area contributed by atoms with Gasteiger partial charge in [-0.3, -0.25) is 4.79 Å². The van der Waals surface area contributed by atoms with E-state index in [1.807, 2.05) is 18.2 Å². The molecule has 3 heterocycles. The Hall–Kier alpha value is -2.83. The van der Waals surface area contributed by atoms with Gasteiger partial charge in [0.1, 0.15) is 5.76 Å². The van der Waals surface area contributed by atoms with Gasteiger partial charge in [0.05, 0.1) is 23.3 Å². The molecule has 1 amide bonds. The first-order chi connectivity index (χ1) is 15.3. The number of aromatic nitrogens is 3. The number of carbonyl (C=O) groups is 1. The Morgan fingerprint density at radius 2 is 1.84 bits per heavy atom. The maximum atomic E-state index is 12.7. The number of sulfonamides is 1. The number of nitrogens with zero attached hydrogens (tertiary/aromatic N) is 5. The molecule has 170 valence electrons. The van der Waals surface area contributed by atoms with E-state index in [1.54, 1.807) is 36.3 Å². The first-order valence-corrected chi connectivity index (χ1v) is 12.6. The van der Waals surface area contributed by atoms with Gasteiger partial charge in [-0.15, -0.1) is 10.2 Å². The maximum Gasteiger partial charge on any atom is 0.233 e. The summed E-state index contributed by atoms with van der Waals surface area (Å²) in [5.41, 5.74) is 1.49. The summed E-state index contributed by atoms with van der Waals surface area (Å²) in [7, 11) is -3.42. The molecule has 1 saturated heterocycles. The topological polar surface area (TPSA) is 128 Å². The Balaban J connectivity index is 1.30. The number of nitrogens with two attached hydrogens (primary N) is 1. The first-order valence-electron chi connectivity index (χ1n) is 10.0. The van der Waals surface area contributed by atoms with Crippen molar-refractivity contribution in [2.24, 2.45) is 0 Å². The molecule has 1 aliphatic rings. The van der Waals surface area contributed by atoms with Crippen molar-refractivity contribution in [3.8, 4) is 11.4 Å². The largest absolute Gasteiger partial charge is 0.469 e. The second-order valence-electron chi connectivity index (χ2n) is 7.38. The molecule has 1 aromatic carbocycles. The van der Waals surface area contributed by atoms with Crippen molar-refractivity contribution in [3.63, 3.8) is 0 Å². The molecule has 10 nitrogen and oxygen atoms in total. The number of aryl methyl sites for hydroxylation is 1. The molecule has 0 bridgehead atoms. The Kier molecular flexibility index (Phi) is 6.53. The van der Waals surface area contributed by atoms with Crippen LogP contribution < -0.4 is 5.84 Å². The van der Waals surface area contributed by atoms with Crippen LogP contribution in [0.4, 0.5) is 0 Å². The molecular weight excluding hydrogens is 452 g/mol. The smallest absolute Gasteiger partial charge is 0.233 e. The number of nitrogen functional groups attached to an aromatic ring is 1. The zero-order chi connectivity index (χ0) is 22.7. The normalized spacial score (nSPS) is 15.2. The van der Waals surface area contributed by atoms with Crippen LogP contribution in [0.3, 0.4) is 0 Å². The van der Waals surface area contributed by atoms with Gasteiger partial charge in [0, 0.05) is 26.2 Å². The fourth-order valence-corrected chi connectivity index (χ4v) is 5.76. The SMILES string of the molecule is Cc1occc1-c1nnc(SCC(=O)N2CCN(S(=O)(=O)Cc3ccccc3)CC2)n1N. The molecule has 2 N–H and O–H groups in total. The number of piperazine rings is 1. The van der Waals surface area contributed by atoms with E-state index in [0.717, 1.165) is 11.1 Å². The van der Waals surface area contributed by atoms with Crippen molar-refractivity contribution in [2.75, 3.05) is 37.8 Å². The molecule has 1 fully saturated rings. The van der Waals surface area contributed by atoms with Crippen molar-refractivity contribution in [3.05, 3.63) is 54.0 Å². The highest BCUT2D eigenvalue weighted by Gasteiger charge is 2.29.